The van der Waals surface area contributed by atoms with Gasteiger partial charge in [0.1, 0.15) is 22.3 Å². The molecule has 0 aliphatic carbocycles. The van der Waals surface area contributed by atoms with Gasteiger partial charge in [-0.1, -0.05) is 6.07 Å². The predicted octanol–water partition coefficient (Wildman–Crippen LogP) is 4.01. The van der Waals surface area contributed by atoms with Crippen molar-refractivity contribution >= 4 is 29.0 Å². The van der Waals surface area contributed by atoms with Crippen molar-refractivity contribution in [1.82, 2.24) is 14.9 Å². The highest BCUT2D eigenvalue weighted by molar-refractivity contribution is 7.13. The van der Waals surface area contributed by atoms with Gasteiger partial charge in [0.25, 0.3) is 5.91 Å². The second-order valence-corrected chi connectivity index (χ2v) is 8.37. The summed E-state index contributed by atoms with van der Waals surface area (Å²) in [5, 5.41) is 5.46. The Labute approximate surface area is 185 Å². The van der Waals surface area contributed by atoms with Crippen molar-refractivity contribution in [2.45, 2.75) is 19.8 Å². The summed E-state index contributed by atoms with van der Waals surface area (Å²) in [4.78, 5) is 36.3. The Morgan fingerprint density at radius 3 is 2.77 bits per heavy atom. The van der Waals surface area contributed by atoms with Crippen molar-refractivity contribution in [3.05, 3.63) is 59.2 Å². The zero-order valence-electron chi connectivity index (χ0n) is 17.5. The Bertz CT molecular complexity index is 1080. The van der Waals surface area contributed by atoms with Gasteiger partial charge in [-0.15, -0.1) is 11.3 Å². The summed E-state index contributed by atoms with van der Waals surface area (Å²) in [7, 11) is 1.62. The smallest absolute Gasteiger partial charge is 0.273 e. The number of benzene rings is 1. The maximum Gasteiger partial charge on any atom is 0.273 e. The molecule has 1 aliphatic rings. The molecule has 0 bridgehead atoms. The van der Waals surface area contributed by atoms with Gasteiger partial charge in [0.05, 0.1) is 13.0 Å². The number of aryl methyl sites for hydroxylation is 1. The van der Waals surface area contributed by atoms with Gasteiger partial charge in [0, 0.05) is 30.2 Å². The number of pyridine rings is 1. The first-order valence-electron chi connectivity index (χ1n) is 10.2. The van der Waals surface area contributed by atoms with E-state index in [0.29, 0.717) is 24.6 Å². The monoisotopic (exact) mass is 436 g/mol. The normalized spacial score (nSPS) is 16.1. The highest BCUT2D eigenvalue weighted by Crippen LogP contribution is 2.27. The molecule has 0 saturated carbocycles. The minimum Gasteiger partial charge on any atom is -0.497 e. The lowest BCUT2D eigenvalue weighted by Gasteiger charge is -2.31. The number of methoxy groups -OCH3 is 1. The molecule has 1 unspecified atom stereocenters. The molecule has 3 aromatic rings. The number of carbonyl (C=O) groups excluding carboxylic acids is 2. The number of likely N-dealkylation sites (tertiary alicyclic amines) is 1. The molecule has 1 aliphatic heterocycles. The molecule has 0 radical (unpaired) electrons. The van der Waals surface area contributed by atoms with Crippen LogP contribution in [0.25, 0.3) is 10.6 Å². The lowest BCUT2D eigenvalue weighted by atomic mass is 9.97. The van der Waals surface area contributed by atoms with Crippen LogP contribution in [0.4, 0.5) is 5.82 Å². The van der Waals surface area contributed by atoms with Crippen LogP contribution in [-0.4, -0.2) is 46.9 Å². The van der Waals surface area contributed by atoms with E-state index in [2.05, 4.69) is 15.3 Å². The van der Waals surface area contributed by atoms with Gasteiger partial charge in [-0.3, -0.25) is 9.59 Å². The molecule has 2 amide bonds. The Hall–Kier alpha value is -3.26. The quantitative estimate of drug-likeness (QED) is 0.653. The maximum atomic E-state index is 13.0. The van der Waals surface area contributed by atoms with E-state index >= 15 is 0 Å². The van der Waals surface area contributed by atoms with Crippen LogP contribution in [0.5, 0.6) is 5.75 Å². The molecule has 3 heterocycles. The summed E-state index contributed by atoms with van der Waals surface area (Å²) in [5.41, 5.74) is 2.26. The number of carbonyl (C=O) groups is 2. The summed E-state index contributed by atoms with van der Waals surface area (Å²) < 4.78 is 5.19. The van der Waals surface area contributed by atoms with Crippen molar-refractivity contribution < 1.29 is 14.3 Å². The minimum absolute atomic E-state index is 0.100. The molecule has 1 saturated heterocycles. The van der Waals surface area contributed by atoms with Gasteiger partial charge < -0.3 is 15.0 Å². The average molecular weight is 437 g/mol. The number of rotatable bonds is 5. The fraction of sp³-hybridized carbons (Fsp3) is 0.304. The average Bonchev–Trinajstić information content (AvgIpc) is 3.30. The fourth-order valence-corrected chi connectivity index (χ4v) is 4.41. The largest absolute Gasteiger partial charge is 0.497 e. The van der Waals surface area contributed by atoms with E-state index in [0.717, 1.165) is 34.7 Å². The molecule has 7 nitrogen and oxygen atoms in total. The van der Waals surface area contributed by atoms with Crippen LogP contribution in [0.1, 0.15) is 28.9 Å². The Morgan fingerprint density at radius 1 is 1.23 bits per heavy atom. The third-order valence-corrected chi connectivity index (χ3v) is 6.28. The molecule has 1 atom stereocenters. The number of piperidine rings is 1. The van der Waals surface area contributed by atoms with E-state index in [1.807, 2.05) is 43.3 Å². The standard InChI is InChI=1S/C23H24N4O3S/c1-15-5-3-11-24-20(15)26-21(28)17-6-4-12-27(13-17)23(29)19-14-31-22(25-19)16-7-9-18(30-2)10-8-16/h3,5,7-11,14,17H,4,6,12-13H2,1-2H3,(H,24,26,28). The van der Waals surface area contributed by atoms with Gasteiger partial charge >= 0.3 is 0 Å². The zero-order chi connectivity index (χ0) is 21.8. The van der Waals surface area contributed by atoms with Crippen molar-refractivity contribution in [3.8, 4) is 16.3 Å². The molecule has 4 rings (SSSR count). The van der Waals surface area contributed by atoms with Crippen molar-refractivity contribution in [3.63, 3.8) is 0 Å². The second kappa shape index (κ2) is 9.26. The first-order chi connectivity index (χ1) is 15.0. The zero-order valence-corrected chi connectivity index (χ0v) is 18.3. The fourth-order valence-electron chi connectivity index (χ4n) is 3.61. The summed E-state index contributed by atoms with van der Waals surface area (Å²) >= 11 is 1.43. The third kappa shape index (κ3) is 4.74. The van der Waals surface area contributed by atoms with Gasteiger partial charge in [-0.25, -0.2) is 9.97 Å². The molecule has 1 aromatic carbocycles. The lowest BCUT2D eigenvalue weighted by molar-refractivity contribution is -0.121. The number of hydrogen-bond acceptors (Lipinski definition) is 6. The van der Waals surface area contributed by atoms with Crippen LogP contribution in [0.3, 0.4) is 0 Å². The second-order valence-electron chi connectivity index (χ2n) is 7.51. The summed E-state index contributed by atoms with van der Waals surface area (Å²) in [5.74, 6) is 0.840. The number of hydrogen-bond donors (Lipinski definition) is 1. The third-order valence-electron chi connectivity index (χ3n) is 5.39. The molecule has 160 valence electrons. The van der Waals surface area contributed by atoms with Crippen LogP contribution in [0.2, 0.25) is 0 Å². The molecular weight excluding hydrogens is 412 g/mol. The first kappa shape index (κ1) is 21.0. The Balaban J connectivity index is 1.42. The van der Waals surface area contributed by atoms with E-state index < -0.39 is 0 Å². The Kier molecular flexibility index (Phi) is 6.27. The number of aromatic nitrogens is 2. The van der Waals surface area contributed by atoms with Crippen molar-refractivity contribution in [1.29, 1.82) is 0 Å². The van der Waals surface area contributed by atoms with E-state index in [1.165, 1.54) is 11.3 Å². The van der Waals surface area contributed by atoms with Crippen LogP contribution >= 0.6 is 11.3 Å². The molecule has 2 aromatic heterocycles. The van der Waals surface area contributed by atoms with Crippen molar-refractivity contribution in [2.75, 3.05) is 25.5 Å². The van der Waals surface area contributed by atoms with Gasteiger partial charge in [0.2, 0.25) is 5.91 Å². The van der Waals surface area contributed by atoms with E-state index in [1.54, 1.807) is 23.6 Å². The Morgan fingerprint density at radius 2 is 2.03 bits per heavy atom. The van der Waals surface area contributed by atoms with Crippen LogP contribution < -0.4 is 10.1 Å². The van der Waals surface area contributed by atoms with Crippen LogP contribution in [0, 0.1) is 12.8 Å². The maximum absolute atomic E-state index is 13.0. The molecule has 1 fully saturated rings. The van der Waals surface area contributed by atoms with E-state index in [-0.39, 0.29) is 17.7 Å². The minimum atomic E-state index is -0.265. The van der Waals surface area contributed by atoms with Crippen molar-refractivity contribution in [2.24, 2.45) is 5.92 Å². The van der Waals surface area contributed by atoms with Gasteiger partial charge in [-0.2, -0.15) is 0 Å². The van der Waals surface area contributed by atoms with Gasteiger partial charge in [-0.05, 0) is 55.7 Å². The molecule has 0 spiro atoms. The molecule has 1 N–H and O–H groups in total. The number of nitrogens with zero attached hydrogens (tertiary/aromatic N) is 3. The SMILES string of the molecule is COc1ccc(-c2nc(C(=O)N3CCCC(C(=O)Nc4ncccc4C)C3)cs2)cc1. The number of nitrogens with one attached hydrogen (secondary N) is 1. The summed E-state index contributed by atoms with van der Waals surface area (Å²) in [6.45, 7) is 2.91. The summed E-state index contributed by atoms with van der Waals surface area (Å²) in [6.07, 6.45) is 3.18. The number of anilines is 1. The highest BCUT2D eigenvalue weighted by Gasteiger charge is 2.30. The lowest BCUT2D eigenvalue weighted by Crippen LogP contribution is -2.44. The number of ether oxygens (including phenoxy) is 1. The first-order valence-corrected chi connectivity index (χ1v) is 11.0. The molecular formula is C23H24N4O3S. The highest BCUT2D eigenvalue weighted by atomic mass is 32.1. The molecule has 8 heteroatoms. The van der Waals surface area contributed by atoms with Crippen LogP contribution in [-0.2, 0) is 4.79 Å². The molecule has 31 heavy (non-hydrogen) atoms. The van der Waals surface area contributed by atoms with Crippen LogP contribution in [0.15, 0.2) is 48.0 Å². The van der Waals surface area contributed by atoms with E-state index in [9.17, 15) is 9.59 Å². The summed E-state index contributed by atoms with van der Waals surface area (Å²) in [6, 6.07) is 11.3. The number of thiazole rings is 1. The topological polar surface area (TPSA) is 84.4 Å². The number of amides is 2. The van der Waals surface area contributed by atoms with E-state index in [4.69, 9.17) is 4.74 Å². The van der Waals surface area contributed by atoms with Gasteiger partial charge in [0.15, 0.2) is 0 Å². The predicted molar refractivity (Wildman–Crippen MR) is 120 cm³/mol.